The van der Waals surface area contributed by atoms with Crippen molar-refractivity contribution in [2.24, 2.45) is 0 Å². The molecule has 1 amide bonds. The highest BCUT2D eigenvalue weighted by molar-refractivity contribution is 6.30. The molecule has 2 rings (SSSR count). The van der Waals surface area contributed by atoms with Crippen LogP contribution >= 0.6 is 11.6 Å². The summed E-state index contributed by atoms with van der Waals surface area (Å²) in [7, 11) is 0. The molecule has 112 valence electrons. The summed E-state index contributed by atoms with van der Waals surface area (Å²) in [6.07, 6.45) is 0.821. The van der Waals surface area contributed by atoms with E-state index in [9.17, 15) is 4.79 Å². The molecule has 0 aliphatic carbocycles. The van der Waals surface area contributed by atoms with Gasteiger partial charge in [0.05, 0.1) is 0 Å². The second-order valence-electron chi connectivity index (χ2n) is 4.59. The number of amides is 1. The van der Waals surface area contributed by atoms with E-state index < -0.39 is 0 Å². The molecular weight excluding hydrogens is 290 g/mol. The van der Waals surface area contributed by atoms with Crippen molar-refractivity contribution in [1.29, 1.82) is 0 Å². The van der Waals surface area contributed by atoms with Crippen LogP contribution in [0.25, 0.3) is 11.4 Å². The minimum absolute atomic E-state index is 0.0995. The number of halogens is 1. The lowest BCUT2D eigenvalue weighted by molar-refractivity contribution is -0.130. The minimum Gasteiger partial charge on any atom is -0.343 e. The zero-order valence-corrected chi connectivity index (χ0v) is 12.9. The minimum atomic E-state index is 0.0995. The maximum atomic E-state index is 11.9. The Morgan fingerprint density at radius 3 is 2.76 bits per heavy atom. The van der Waals surface area contributed by atoms with Gasteiger partial charge in [0.2, 0.25) is 17.6 Å². The highest BCUT2D eigenvalue weighted by Gasteiger charge is 2.13. The molecule has 5 nitrogen and oxygen atoms in total. The number of carbonyl (C=O) groups is 1. The molecule has 0 radical (unpaired) electrons. The first-order valence-electron chi connectivity index (χ1n) is 7.00. The number of carbonyl (C=O) groups excluding carboxylic acids is 1. The van der Waals surface area contributed by atoms with Gasteiger partial charge < -0.3 is 9.42 Å². The fourth-order valence-electron chi connectivity index (χ4n) is 2.05. The van der Waals surface area contributed by atoms with Crippen molar-refractivity contribution >= 4 is 17.5 Å². The monoisotopic (exact) mass is 307 g/mol. The van der Waals surface area contributed by atoms with E-state index in [0.29, 0.717) is 42.7 Å². The fourth-order valence-corrected chi connectivity index (χ4v) is 2.24. The van der Waals surface area contributed by atoms with Crippen LogP contribution in [-0.2, 0) is 11.2 Å². The summed E-state index contributed by atoms with van der Waals surface area (Å²) >= 11 is 5.93. The number of hydrogen-bond acceptors (Lipinski definition) is 4. The van der Waals surface area contributed by atoms with Crippen molar-refractivity contribution in [3.05, 3.63) is 35.2 Å². The zero-order chi connectivity index (χ0) is 15.2. The Morgan fingerprint density at radius 2 is 2.10 bits per heavy atom. The van der Waals surface area contributed by atoms with Gasteiger partial charge in [-0.15, -0.1) is 0 Å². The maximum Gasteiger partial charge on any atom is 0.227 e. The van der Waals surface area contributed by atoms with Crippen LogP contribution in [0, 0.1) is 0 Å². The van der Waals surface area contributed by atoms with Crippen molar-refractivity contribution in [2.75, 3.05) is 13.1 Å². The summed E-state index contributed by atoms with van der Waals surface area (Å²) in [5, 5.41) is 4.54. The lowest BCUT2D eigenvalue weighted by Gasteiger charge is -2.17. The molecule has 21 heavy (non-hydrogen) atoms. The van der Waals surface area contributed by atoms with Gasteiger partial charge in [-0.05, 0) is 26.0 Å². The van der Waals surface area contributed by atoms with E-state index in [-0.39, 0.29) is 5.91 Å². The van der Waals surface area contributed by atoms with Crippen LogP contribution in [-0.4, -0.2) is 34.0 Å². The number of aromatic nitrogens is 2. The number of aryl methyl sites for hydroxylation is 1. The number of benzene rings is 1. The predicted molar refractivity (Wildman–Crippen MR) is 81.0 cm³/mol. The lowest BCUT2D eigenvalue weighted by Crippen LogP contribution is -2.30. The van der Waals surface area contributed by atoms with Crippen LogP contribution < -0.4 is 0 Å². The quantitative estimate of drug-likeness (QED) is 0.822. The standard InChI is InChI=1S/C15H18ClN3O2/c1-3-19(4-2)14(20)9-8-13-17-15(18-21-13)11-6-5-7-12(16)10-11/h5-7,10H,3-4,8-9H2,1-2H3. The molecule has 0 fully saturated rings. The first kappa shape index (κ1) is 15.5. The summed E-state index contributed by atoms with van der Waals surface area (Å²) in [5.41, 5.74) is 0.799. The first-order valence-corrected chi connectivity index (χ1v) is 7.38. The van der Waals surface area contributed by atoms with Gasteiger partial charge >= 0.3 is 0 Å². The van der Waals surface area contributed by atoms with Crippen molar-refractivity contribution in [2.45, 2.75) is 26.7 Å². The van der Waals surface area contributed by atoms with E-state index in [1.165, 1.54) is 0 Å². The molecule has 0 aliphatic heterocycles. The molecule has 2 aromatic rings. The van der Waals surface area contributed by atoms with Crippen LogP contribution in [0.5, 0.6) is 0 Å². The average molecular weight is 308 g/mol. The van der Waals surface area contributed by atoms with Crippen LogP contribution in [0.1, 0.15) is 26.2 Å². The second kappa shape index (κ2) is 7.22. The van der Waals surface area contributed by atoms with Crippen LogP contribution in [0.2, 0.25) is 5.02 Å². The zero-order valence-electron chi connectivity index (χ0n) is 12.2. The SMILES string of the molecule is CCN(CC)C(=O)CCc1nc(-c2cccc(Cl)c2)no1. The summed E-state index contributed by atoms with van der Waals surface area (Å²) < 4.78 is 5.18. The van der Waals surface area contributed by atoms with Gasteiger partial charge in [-0.25, -0.2) is 0 Å². The van der Waals surface area contributed by atoms with Gasteiger partial charge in [-0.3, -0.25) is 4.79 Å². The molecule has 0 N–H and O–H groups in total. The molecule has 1 aromatic heterocycles. The van der Waals surface area contributed by atoms with Gasteiger partial charge in [0.15, 0.2) is 0 Å². The lowest BCUT2D eigenvalue weighted by atomic mass is 10.2. The third kappa shape index (κ3) is 4.04. The van der Waals surface area contributed by atoms with Gasteiger partial charge in [0.25, 0.3) is 0 Å². The molecule has 0 unspecified atom stereocenters. The van der Waals surface area contributed by atoms with E-state index >= 15 is 0 Å². The van der Waals surface area contributed by atoms with Crippen molar-refractivity contribution in [1.82, 2.24) is 15.0 Å². The van der Waals surface area contributed by atoms with E-state index in [4.69, 9.17) is 16.1 Å². The molecule has 0 aliphatic rings. The summed E-state index contributed by atoms with van der Waals surface area (Å²) in [6, 6.07) is 7.26. The van der Waals surface area contributed by atoms with Gasteiger partial charge in [0.1, 0.15) is 0 Å². The number of rotatable bonds is 6. The summed E-state index contributed by atoms with van der Waals surface area (Å²) in [4.78, 5) is 18.0. The molecule has 0 saturated carbocycles. The van der Waals surface area contributed by atoms with Gasteiger partial charge in [0, 0.05) is 36.5 Å². The summed E-state index contributed by atoms with van der Waals surface area (Å²) in [5.74, 6) is 1.05. The molecule has 6 heteroatoms. The first-order chi connectivity index (χ1) is 10.1. The van der Waals surface area contributed by atoms with E-state index in [1.54, 1.807) is 17.0 Å². The Kier molecular flexibility index (Phi) is 5.33. The molecule has 0 saturated heterocycles. The Hall–Kier alpha value is -1.88. The molecule has 0 bridgehead atoms. The highest BCUT2D eigenvalue weighted by Crippen LogP contribution is 2.20. The Labute approximate surface area is 128 Å². The maximum absolute atomic E-state index is 11.9. The highest BCUT2D eigenvalue weighted by atomic mass is 35.5. The average Bonchev–Trinajstić information content (AvgIpc) is 2.95. The predicted octanol–water partition coefficient (Wildman–Crippen LogP) is 3.19. The largest absolute Gasteiger partial charge is 0.343 e. The van der Waals surface area contributed by atoms with Crippen molar-refractivity contribution in [3.8, 4) is 11.4 Å². The Morgan fingerprint density at radius 1 is 1.33 bits per heavy atom. The molecule has 0 atom stereocenters. The van der Waals surface area contributed by atoms with Gasteiger partial charge in [-0.2, -0.15) is 4.98 Å². The topological polar surface area (TPSA) is 59.2 Å². The molecule has 1 aromatic carbocycles. The van der Waals surface area contributed by atoms with Crippen LogP contribution in [0.3, 0.4) is 0 Å². The smallest absolute Gasteiger partial charge is 0.227 e. The third-order valence-electron chi connectivity index (χ3n) is 3.22. The molecular formula is C15H18ClN3O2. The van der Waals surface area contributed by atoms with E-state index in [1.807, 2.05) is 26.0 Å². The second-order valence-corrected chi connectivity index (χ2v) is 5.02. The fraction of sp³-hybridized carbons (Fsp3) is 0.400. The molecule has 0 spiro atoms. The van der Waals surface area contributed by atoms with E-state index in [0.717, 1.165) is 5.56 Å². The normalized spacial score (nSPS) is 10.6. The van der Waals surface area contributed by atoms with E-state index in [2.05, 4.69) is 10.1 Å². The Balaban J connectivity index is 1.99. The van der Waals surface area contributed by atoms with Crippen molar-refractivity contribution in [3.63, 3.8) is 0 Å². The Bertz CT molecular complexity index is 608. The number of nitrogens with zero attached hydrogens (tertiary/aromatic N) is 3. The number of hydrogen-bond donors (Lipinski definition) is 0. The van der Waals surface area contributed by atoms with Crippen molar-refractivity contribution < 1.29 is 9.32 Å². The van der Waals surface area contributed by atoms with Crippen LogP contribution in [0.15, 0.2) is 28.8 Å². The summed E-state index contributed by atoms with van der Waals surface area (Å²) in [6.45, 7) is 5.36. The van der Waals surface area contributed by atoms with Crippen LogP contribution in [0.4, 0.5) is 0 Å². The van der Waals surface area contributed by atoms with Gasteiger partial charge in [-0.1, -0.05) is 28.9 Å². The third-order valence-corrected chi connectivity index (χ3v) is 3.45. The molecule has 1 heterocycles.